The van der Waals surface area contributed by atoms with Crippen molar-refractivity contribution < 1.29 is 0 Å². The summed E-state index contributed by atoms with van der Waals surface area (Å²) >= 11 is 0. The third-order valence-electron chi connectivity index (χ3n) is 12.7. The standard InChI is InChI=1S/C58H45N/c1-39(40-18-7-4-8-19-40)36-46(38-55(59)44-22-11-6-12-23-44)47-24-17-29-54-56(47)48-37-45(43-32-30-42(31-33-43)41-20-9-5-10-21-41)34-35-49(48)58(54)52-27-15-13-25-50(52)57(2,3)51-26-14-16-28-53(51)58/h4-38H,1,59H2,2-3H3/b46-36+,55-38-. The molecule has 8 aromatic rings. The molecule has 0 heterocycles. The molecule has 2 aliphatic carbocycles. The molecule has 0 bridgehead atoms. The number of nitrogens with two attached hydrogens (primary N) is 1. The maximum absolute atomic E-state index is 7.02. The van der Waals surface area contributed by atoms with Crippen LogP contribution in [0.2, 0.25) is 0 Å². The summed E-state index contributed by atoms with van der Waals surface area (Å²) in [5.41, 5.74) is 27.3. The van der Waals surface area contributed by atoms with E-state index in [2.05, 4.69) is 209 Å². The second-order valence-corrected chi connectivity index (χ2v) is 16.4. The minimum atomic E-state index is -0.546. The Morgan fingerprint density at radius 3 is 1.53 bits per heavy atom. The lowest BCUT2D eigenvalue weighted by Crippen LogP contribution is -2.40. The molecule has 2 aliphatic rings. The molecule has 1 spiro atoms. The maximum atomic E-state index is 7.02. The number of benzene rings is 8. The van der Waals surface area contributed by atoms with Crippen LogP contribution in [0.3, 0.4) is 0 Å². The molecule has 1 heteroatoms. The molecule has 10 rings (SSSR count). The number of fused-ring (bicyclic) bond motifs is 9. The lowest BCUT2D eigenvalue weighted by Gasteiger charge is -2.46. The number of allylic oxidation sites excluding steroid dienone is 4. The smallest absolute Gasteiger partial charge is 0.0719 e. The zero-order valence-electron chi connectivity index (χ0n) is 33.5. The molecule has 0 fully saturated rings. The summed E-state index contributed by atoms with van der Waals surface area (Å²) in [7, 11) is 0. The Balaban J connectivity index is 1.27. The van der Waals surface area contributed by atoms with E-state index < -0.39 is 5.41 Å². The second-order valence-electron chi connectivity index (χ2n) is 16.4. The Morgan fingerprint density at radius 2 is 0.915 bits per heavy atom. The van der Waals surface area contributed by atoms with Crippen molar-refractivity contribution in [2.75, 3.05) is 0 Å². The topological polar surface area (TPSA) is 26.0 Å². The van der Waals surface area contributed by atoms with Crippen molar-refractivity contribution in [2.24, 2.45) is 5.73 Å². The molecule has 59 heavy (non-hydrogen) atoms. The highest BCUT2D eigenvalue weighted by Crippen LogP contribution is 2.63. The van der Waals surface area contributed by atoms with Crippen LogP contribution in [0.15, 0.2) is 219 Å². The number of hydrogen-bond donors (Lipinski definition) is 1. The Bertz CT molecular complexity index is 2900. The first kappa shape index (κ1) is 36.1. The van der Waals surface area contributed by atoms with E-state index in [1.165, 1.54) is 66.8 Å². The van der Waals surface area contributed by atoms with Crippen molar-refractivity contribution in [2.45, 2.75) is 24.7 Å². The molecule has 0 aromatic heterocycles. The molecule has 282 valence electrons. The number of hydrogen-bond acceptors (Lipinski definition) is 1. The van der Waals surface area contributed by atoms with E-state index in [0.29, 0.717) is 5.70 Å². The molecule has 0 saturated heterocycles. The largest absolute Gasteiger partial charge is 0.398 e. The summed E-state index contributed by atoms with van der Waals surface area (Å²) in [4.78, 5) is 0. The molecule has 0 aliphatic heterocycles. The summed E-state index contributed by atoms with van der Waals surface area (Å²) in [5, 5.41) is 0. The predicted octanol–water partition coefficient (Wildman–Crippen LogP) is 14.1. The summed E-state index contributed by atoms with van der Waals surface area (Å²) in [6.45, 7) is 9.35. The van der Waals surface area contributed by atoms with Crippen molar-refractivity contribution in [3.63, 3.8) is 0 Å². The highest BCUT2D eigenvalue weighted by atomic mass is 14.6. The Kier molecular flexibility index (Phi) is 8.77. The average molecular weight is 756 g/mol. The van der Waals surface area contributed by atoms with E-state index in [1.54, 1.807) is 0 Å². The molecule has 0 radical (unpaired) electrons. The fourth-order valence-corrected chi connectivity index (χ4v) is 9.87. The van der Waals surface area contributed by atoms with Gasteiger partial charge in [-0.2, -0.15) is 0 Å². The van der Waals surface area contributed by atoms with Crippen LogP contribution in [0.4, 0.5) is 0 Å². The van der Waals surface area contributed by atoms with Gasteiger partial charge in [0.15, 0.2) is 0 Å². The van der Waals surface area contributed by atoms with Crippen molar-refractivity contribution in [1.82, 2.24) is 0 Å². The lowest BCUT2D eigenvalue weighted by molar-refractivity contribution is 0.563. The van der Waals surface area contributed by atoms with E-state index in [4.69, 9.17) is 5.73 Å². The third kappa shape index (κ3) is 5.84. The molecule has 1 nitrogen and oxygen atoms in total. The van der Waals surface area contributed by atoms with Crippen molar-refractivity contribution >= 4 is 16.8 Å². The Labute approximate surface area is 348 Å². The van der Waals surface area contributed by atoms with E-state index >= 15 is 0 Å². The number of rotatable bonds is 7. The highest BCUT2D eigenvalue weighted by Gasteiger charge is 2.53. The van der Waals surface area contributed by atoms with Gasteiger partial charge in [-0.05, 0) is 113 Å². The molecule has 0 amide bonds. The third-order valence-corrected chi connectivity index (χ3v) is 12.7. The normalized spacial score (nSPS) is 14.5. The minimum Gasteiger partial charge on any atom is -0.398 e. The molecular formula is C58H45N. The van der Waals surface area contributed by atoms with Crippen LogP contribution >= 0.6 is 0 Å². The van der Waals surface area contributed by atoms with Gasteiger partial charge in [0, 0.05) is 11.1 Å². The fourth-order valence-electron chi connectivity index (χ4n) is 9.87. The van der Waals surface area contributed by atoms with Gasteiger partial charge < -0.3 is 5.73 Å². The molecule has 0 atom stereocenters. The van der Waals surface area contributed by atoms with Gasteiger partial charge in [0.05, 0.1) is 5.41 Å². The average Bonchev–Trinajstić information content (AvgIpc) is 3.59. The molecule has 2 N–H and O–H groups in total. The molecular weight excluding hydrogens is 711 g/mol. The maximum Gasteiger partial charge on any atom is 0.0719 e. The summed E-state index contributed by atoms with van der Waals surface area (Å²) in [6, 6.07) is 72.5. The first-order chi connectivity index (χ1) is 28.9. The Morgan fingerprint density at radius 1 is 0.441 bits per heavy atom. The first-order valence-electron chi connectivity index (χ1n) is 20.5. The van der Waals surface area contributed by atoms with Crippen molar-refractivity contribution in [3.8, 4) is 33.4 Å². The monoisotopic (exact) mass is 755 g/mol. The van der Waals surface area contributed by atoms with E-state index in [9.17, 15) is 0 Å². The summed E-state index contributed by atoms with van der Waals surface area (Å²) in [6.07, 6.45) is 4.35. The van der Waals surface area contributed by atoms with Gasteiger partial charge in [0.25, 0.3) is 0 Å². The second kappa shape index (κ2) is 14.3. The summed E-state index contributed by atoms with van der Waals surface area (Å²) < 4.78 is 0. The first-order valence-corrected chi connectivity index (χ1v) is 20.5. The lowest BCUT2D eigenvalue weighted by atomic mass is 9.55. The van der Waals surface area contributed by atoms with Gasteiger partial charge in [-0.25, -0.2) is 0 Å². The highest BCUT2D eigenvalue weighted by molar-refractivity contribution is 6.01. The Hall–Kier alpha value is -7.22. The zero-order valence-corrected chi connectivity index (χ0v) is 33.5. The van der Waals surface area contributed by atoms with Crippen molar-refractivity contribution in [1.29, 1.82) is 0 Å². The predicted molar refractivity (Wildman–Crippen MR) is 249 cm³/mol. The minimum absolute atomic E-state index is 0.190. The van der Waals surface area contributed by atoms with Crippen LogP contribution in [0, 0.1) is 0 Å². The van der Waals surface area contributed by atoms with Crippen LogP contribution in [-0.4, -0.2) is 0 Å². The molecule has 8 aromatic carbocycles. The van der Waals surface area contributed by atoms with Gasteiger partial charge in [-0.3, -0.25) is 0 Å². The van der Waals surface area contributed by atoms with Crippen LogP contribution in [0.25, 0.3) is 50.2 Å². The van der Waals surface area contributed by atoms with Crippen LogP contribution in [0.1, 0.15) is 63.9 Å². The van der Waals surface area contributed by atoms with E-state index in [1.807, 2.05) is 24.3 Å². The van der Waals surface area contributed by atoms with Crippen LogP contribution < -0.4 is 5.73 Å². The summed E-state index contributed by atoms with van der Waals surface area (Å²) in [5.74, 6) is 0. The van der Waals surface area contributed by atoms with Crippen LogP contribution in [-0.2, 0) is 10.8 Å². The van der Waals surface area contributed by atoms with Gasteiger partial charge >= 0.3 is 0 Å². The quantitative estimate of drug-likeness (QED) is 0.161. The van der Waals surface area contributed by atoms with Gasteiger partial charge in [-0.1, -0.05) is 215 Å². The SMILES string of the molecule is C=C(/C=C(\C=C(/N)c1ccccc1)c1cccc2c1-c1cc(-c3ccc(-c4ccccc4)cc3)ccc1C21c2ccccc2C(C)(C)c2ccccc21)c1ccccc1. The van der Waals surface area contributed by atoms with Gasteiger partial charge in [0.1, 0.15) is 0 Å². The molecule has 0 saturated carbocycles. The zero-order chi connectivity index (χ0) is 40.1. The van der Waals surface area contributed by atoms with Crippen LogP contribution in [0.5, 0.6) is 0 Å². The van der Waals surface area contributed by atoms with Gasteiger partial charge in [-0.15, -0.1) is 0 Å². The molecule has 0 unspecified atom stereocenters. The fraction of sp³-hybridized carbons (Fsp3) is 0.0690. The van der Waals surface area contributed by atoms with Gasteiger partial charge in [0.2, 0.25) is 0 Å². The van der Waals surface area contributed by atoms with E-state index in [0.717, 1.165) is 27.8 Å². The van der Waals surface area contributed by atoms with E-state index in [-0.39, 0.29) is 5.41 Å². The van der Waals surface area contributed by atoms with Crippen molar-refractivity contribution in [3.05, 3.63) is 269 Å².